The van der Waals surface area contributed by atoms with Crippen LogP contribution in [0.1, 0.15) is 48.8 Å². The maximum absolute atomic E-state index is 9.18. The Morgan fingerprint density at radius 3 is 2.56 bits per heavy atom. The molecule has 1 atom stereocenters. The summed E-state index contributed by atoms with van der Waals surface area (Å²) in [5.74, 6) is 1.52. The van der Waals surface area contributed by atoms with Gasteiger partial charge in [-0.05, 0) is 36.5 Å². The van der Waals surface area contributed by atoms with Crippen molar-refractivity contribution in [2.45, 2.75) is 37.6 Å². The van der Waals surface area contributed by atoms with Gasteiger partial charge in [0.15, 0.2) is 0 Å². The average Bonchev–Trinajstić information content (AvgIpc) is 3.16. The van der Waals surface area contributed by atoms with Crippen LogP contribution in [-0.2, 0) is 5.54 Å². The van der Waals surface area contributed by atoms with Crippen LogP contribution in [0.5, 0.6) is 0 Å². The first kappa shape index (κ1) is 15.9. The second kappa shape index (κ2) is 6.72. The molecule has 3 heteroatoms. The van der Waals surface area contributed by atoms with Crippen molar-refractivity contribution >= 4 is 5.84 Å². The normalized spacial score (nSPS) is 23.6. The van der Waals surface area contributed by atoms with Crippen molar-refractivity contribution in [2.24, 2.45) is 10.9 Å². The van der Waals surface area contributed by atoms with Crippen LogP contribution in [0.25, 0.3) is 0 Å². The smallest absolute Gasteiger partial charge is 0.129 e. The molecule has 1 saturated carbocycles. The molecular weight excluding hydrogens is 306 g/mol. The number of nitrogens with one attached hydrogen (secondary N) is 1. The molecule has 0 radical (unpaired) electrons. The zero-order valence-electron chi connectivity index (χ0n) is 14.4. The van der Waals surface area contributed by atoms with Crippen LogP contribution in [0.4, 0.5) is 0 Å². The Morgan fingerprint density at radius 2 is 1.80 bits per heavy atom. The Kier molecular flexibility index (Phi) is 4.28. The van der Waals surface area contributed by atoms with Crippen LogP contribution in [0, 0.1) is 17.2 Å². The SMILES string of the molecule is N#Cc1cccc(C2=NCC(c3ccccc3)(C3CCCCC3)N2)c1. The van der Waals surface area contributed by atoms with Gasteiger partial charge >= 0.3 is 0 Å². The quantitative estimate of drug-likeness (QED) is 0.908. The standard InChI is InChI=1S/C22H23N3/c23-15-17-8-7-9-18(14-17)21-24-16-22(25-21,19-10-3-1-4-11-19)20-12-5-2-6-13-20/h1,3-4,7-11,14,20H,2,5-6,12-13,16H2,(H,24,25). The Hall–Kier alpha value is -2.60. The Morgan fingerprint density at radius 1 is 1.00 bits per heavy atom. The molecule has 0 bridgehead atoms. The molecule has 4 rings (SSSR count). The van der Waals surface area contributed by atoms with Crippen LogP contribution in [-0.4, -0.2) is 12.4 Å². The van der Waals surface area contributed by atoms with Crippen molar-refractivity contribution in [1.82, 2.24) is 5.32 Å². The number of nitrogens with zero attached hydrogens (tertiary/aromatic N) is 2. The van der Waals surface area contributed by atoms with Crippen molar-refractivity contribution in [3.63, 3.8) is 0 Å². The molecule has 1 aliphatic carbocycles. The number of nitriles is 1. The lowest BCUT2D eigenvalue weighted by molar-refractivity contribution is 0.200. The maximum Gasteiger partial charge on any atom is 0.129 e. The highest BCUT2D eigenvalue weighted by Gasteiger charge is 2.44. The monoisotopic (exact) mass is 329 g/mol. The van der Waals surface area contributed by atoms with E-state index >= 15 is 0 Å². The number of rotatable bonds is 3. The van der Waals surface area contributed by atoms with Gasteiger partial charge in [-0.2, -0.15) is 5.26 Å². The zero-order valence-corrected chi connectivity index (χ0v) is 14.4. The molecule has 1 aliphatic heterocycles. The van der Waals surface area contributed by atoms with E-state index in [1.165, 1.54) is 37.7 Å². The number of hydrogen-bond donors (Lipinski definition) is 1. The molecule has 1 unspecified atom stereocenters. The second-order valence-electron chi connectivity index (χ2n) is 7.15. The molecule has 0 saturated heterocycles. The Balaban J connectivity index is 1.69. The Labute approximate surface area is 149 Å². The molecule has 3 nitrogen and oxygen atoms in total. The van der Waals surface area contributed by atoms with Gasteiger partial charge in [0, 0.05) is 5.56 Å². The molecule has 1 heterocycles. The van der Waals surface area contributed by atoms with Crippen LogP contribution in [0.15, 0.2) is 59.6 Å². The molecule has 1 N–H and O–H groups in total. The van der Waals surface area contributed by atoms with Crippen LogP contribution >= 0.6 is 0 Å². The first-order valence-electron chi connectivity index (χ1n) is 9.20. The number of hydrogen-bond acceptors (Lipinski definition) is 3. The van der Waals surface area contributed by atoms with Crippen LogP contribution in [0.3, 0.4) is 0 Å². The summed E-state index contributed by atoms with van der Waals surface area (Å²) < 4.78 is 0. The lowest BCUT2D eigenvalue weighted by Gasteiger charge is -2.40. The molecule has 1 fully saturated rings. The molecule has 2 aromatic rings. The van der Waals surface area contributed by atoms with E-state index in [9.17, 15) is 5.26 Å². The number of benzene rings is 2. The molecule has 25 heavy (non-hydrogen) atoms. The largest absolute Gasteiger partial charge is 0.358 e. The van der Waals surface area contributed by atoms with Gasteiger partial charge in [-0.15, -0.1) is 0 Å². The molecule has 0 amide bonds. The van der Waals surface area contributed by atoms with E-state index < -0.39 is 0 Å². The Bertz CT molecular complexity index is 813. The van der Waals surface area contributed by atoms with E-state index in [1.54, 1.807) is 0 Å². The van der Waals surface area contributed by atoms with Crippen molar-refractivity contribution < 1.29 is 0 Å². The van der Waals surface area contributed by atoms with Gasteiger partial charge in [-0.25, -0.2) is 0 Å². The van der Waals surface area contributed by atoms with Gasteiger partial charge in [-0.3, -0.25) is 4.99 Å². The zero-order chi connectivity index (χ0) is 17.1. The minimum absolute atomic E-state index is 0.111. The third-order valence-electron chi connectivity index (χ3n) is 5.68. The summed E-state index contributed by atoms with van der Waals surface area (Å²) in [6, 6.07) is 20.7. The predicted octanol–water partition coefficient (Wildman–Crippen LogP) is 4.38. The predicted molar refractivity (Wildman–Crippen MR) is 100 cm³/mol. The summed E-state index contributed by atoms with van der Waals surface area (Å²) >= 11 is 0. The van der Waals surface area contributed by atoms with Gasteiger partial charge in [0.1, 0.15) is 5.84 Å². The third kappa shape index (κ3) is 2.93. The lowest BCUT2D eigenvalue weighted by atomic mass is 9.71. The van der Waals surface area contributed by atoms with Crippen molar-refractivity contribution in [3.8, 4) is 6.07 Å². The van der Waals surface area contributed by atoms with Crippen LogP contribution in [0.2, 0.25) is 0 Å². The van der Waals surface area contributed by atoms with Crippen molar-refractivity contribution in [2.75, 3.05) is 6.54 Å². The fraction of sp³-hybridized carbons (Fsp3) is 0.364. The van der Waals surface area contributed by atoms with E-state index in [0.29, 0.717) is 11.5 Å². The summed E-state index contributed by atoms with van der Waals surface area (Å²) in [5.41, 5.74) is 2.90. The van der Waals surface area contributed by atoms with Crippen molar-refractivity contribution in [1.29, 1.82) is 5.26 Å². The fourth-order valence-corrected chi connectivity index (χ4v) is 4.35. The minimum Gasteiger partial charge on any atom is -0.358 e. The summed E-state index contributed by atoms with van der Waals surface area (Å²) in [7, 11) is 0. The summed E-state index contributed by atoms with van der Waals surface area (Å²) in [6.45, 7) is 0.772. The lowest BCUT2D eigenvalue weighted by Crippen LogP contribution is -2.49. The van der Waals surface area contributed by atoms with Gasteiger partial charge in [0.05, 0.1) is 23.7 Å². The summed E-state index contributed by atoms with van der Waals surface area (Å²) in [5, 5.41) is 13.0. The van der Waals surface area contributed by atoms with E-state index in [-0.39, 0.29) is 5.54 Å². The topological polar surface area (TPSA) is 48.2 Å². The van der Waals surface area contributed by atoms with E-state index in [1.807, 2.05) is 24.3 Å². The minimum atomic E-state index is -0.111. The molecular formula is C22H23N3. The first-order chi connectivity index (χ1) is 12.3. The number of aliphatic imine (C=N–C) groups is 1. The van der Waals surface area contributed by atoms with Crippen LogP contribution < -0.4 is 5.32 Å². The average molecular weight is 329 g/mol. The molecule has 0 spiro atoms. The van der Waals surface area contributed by atoms with E-state index in [2.05, 4.69) is 41.7 Å². The highest BCUT2D eigenvalue weighted by Crippen LogP contribution is 2.41. The number of amidine groups is 1. The van der Waals surface area contributed by atoms with Gasteiger partial charge in [-0.1, -0.05) is 61.7 Å². The first-order valence-corrected chi connectivity index (χ1v) is 9.20. The molecule has 2 aromatic carbocycles. The maximum atomic E-state index is 9.18. The van der Waals surface area contributed by atoms with Gasteiger partial charge < -0.3 is 5.32 Å². The molecule has 0 aromatic heterocycles. The van der Waals surface area contributed by atoms with E-state index in [4.69, 9.17) is 4.99 Å². The highest BCUT2D eigenvalue weighted by atomic mass is 15.2. The second-order valence-corrected chi connectivity index (χ2v) is 7.15. The third-order valence-corrected chi connectivity index (χ3v) is 5.68. The summed E-state index contributed by atoms with van der Waals surface area (Å²) in [4.78, 5) is 4.88. The molecule has 126 valence electrons. The van der Waals surface area contributed by atoms with Gasteiger partial charge in [0.25, 0.3) is 0 Å². The summed E-state index contributed by atoms with van der Waals surface area (Å²) in [6.07, 6.45) is 6.46. The molecule has 2 aliphatic rings. The highest BCUT2D eigenvalue weighted by molar-refractivity contribution is 6.01. The van der Waals surface area contributed by atoms with Gasteiger partial charge in [0.2, 0.25) is 0 Å². The van der Waals surface area contributed by atoms with E-state index in [0.717, 1.165) is 17.9 Å². The van der Waals surface area contributed by atoms with Crippen molar-refractivity contribution in [3.05, 3.63) is 71.3 Å². The fourth-order valence-electron chi connectivity index (χ4n) is 4.35.